The molecule has 10 atom stereocenters. The van der Waals surface area contributed by atoms with Crippen molar-refractivity contribution < 1.29 is 47.5 Å². The molecule has 2 saturated carbocycles. The van der Waals surface area contributed by atoms with Crippen LogP contribution < -0.4 is 0 Å². The number of ether oxygens (including phenoxy) is 7. The van der Waals surface area contributed by atoms with E-state index in [1.807, 2.05) is 21.6 Å². The minimum absolute atomic E-state index is 0.0732. The second-order valence-electron chi connectivity index (χ2n) is 14.6. The summed E-state index contributed by atoms with van der Waals surface area (Å²) in [5.41, 5.74) is -0.516. The molecule has 8 rings (SSSR count). The predicted molar refractivity (Wildman–Crippen MR) is 164 cm³/mol. The minimum atomic E-state index is -0.802. The number of carbonyl (C=O) groups is 3. The SMILES string of the molecule is CC(C)C12OC1C1OC13C1(C)CCC4=C(COC4=O)C1CC1OC13C2OC(=O)OCCCCOC(=O)CCCCC1CCSS1. The van der Waals surface area contributed by atoms with E-state index in [2.05, 4.69) is 20.8 Å². The lowest BCUT2D eigenvalue weighted by Crippen LogP contribution is -2.70. The number of carbonyl (C=O) groups excluding carboxylic acids is 3. The molecule has 45 heavy (non-hydrogen) atoms. The molecule has 4 saturated heterocycles. The number of hydrogen-bond acceptors (Lipinski definition) is 12. The van der Waals surface area contributed by atoms with E-state index >= 15 is 0 Å². The van der Waals surface area contributed by atoms with Gasteiger partial charge in [-0.3, -0.25) is 4.79 Å². The van der Waals surface area contributed by atoms with E-state index in [0.717, 1.165) is 42.1 Å². The van der Waals surface area contributed by atoms with Gasteiger partial charge in [0.05, 0.1) is 19.3 Å². The van der Waals surface area contributed by atoms with Crippen LogP contribution in [0.25, 0.3) is 0 Å². The first-order chi connectivity index (χ1) is 21.7. The van der Waals surface area contributed by atoms with Crippen molar-refractivity contribution in [2.24, 2.45) is 17.3 Å². The highest BCUT2D eigenvalue weighted by atomic mass is 33.1. The van der Waals surface area contributed by atoms with Crippen molar-refractivity contribution in [1.82, 2.24) is 0 Å². The highest BCUT2D eigenvalue weighted by Crippen LogP contribution is 2.83. The van der Waals surface area contributed by atoms with Crippen LogP contribution in [0.2, 0.25) is 0 Å². The van der Waals surface area contributed by atoms with Crippen molar-refractivity contribution in [1.29, 1.82) is 0 Å². The molecule has 0 radical (unpaired) electrons. The standard InChI is InChI=1S/C33H44O10S2/c1-18(2)31-25(42-31)26-33(43-26)30(3)12-10-20-21(17-39-27(20)35)22(30)16-23-32(33,41-23)28(31)40-29(36)38-14-7-6-13-37-24(34)9-5-4-8-19-11-15-44-45-19/h18-19,22-23,25-26,28H,4-17H2,1-3H3. The molecule has 5 aliphatic heterocycles. The molecule has 0 aromatic heterocycles. The van der Waals surface area contributed by atoms with Gasteiger partial charge in [0.1, 0.15) is 30.0 Å². The molecular weight excluding hydrogens is 620 g/mol. The van der Waals surface area contributed by atoms with Crippen LogP contribution in [-0.4, -0.2) is 90.1 Å². The molecule has 10 unspecified atom stereocenters. The average Bonchev–Trinajstić information content (AvgIpc) is 3.95. The summed E-state index contributed by atoms with van der Waals surface area (Å²) in [5, 5.41) is 0.736. The third-order valence-electron chi connectivity index (χ3n) is 12.2. The summed E-state index contributed by atoms with van der Waals surface area (Å²) in [7, 11) is 3.92. The molecule has 3 aliphatic carbocycles. The van der Waals surface area contributed by atoms with Crippen molar-refractivity contribution in [3.63, 3.8) is 0 Å². The molecule has 8 aliphatic rings. The van der Waals surface area contributed by atoms with Crippen LogP contribution in [0.15, 0.2) is 11.1 Å². The number of fused-ring (bicyclic) bond motifs is 4. The largest absolute Gasteiger partial charge is 0.508 e. The number of rotatable bonds is 12. The van der Waals surface area contributed by atoms with Gasteiger partial charge < -0.3 is 33.2 Å². The van der Waals surface area contributed by atoms with E-state index in [1.54, 1.807) is 0 Å². The van der Waals surface area contributed by atoms with E-state index in [9.17, 15) is 14.4 Å². The highest BCUT2D eigenvalue weighted by molar-refractivity contribution is 8.77. The van der Waals surface area contributed by atoms with Gasteiger partial charge in [0.15, 0.2) is 11.7 Å². The smallest absolute Gasteiger partial charge is 0.466 e. The van der Waals surface area contributed by atoms with Crippen LogP contribution in [0, 0.1) is 17.3 Å². The summed E-state index contributed by atoms with van der Waals surface area (Å²) in [6, 6.07) is 0. The molecule has 6 fully saturated rings. The summed E-state index contributed by atoms with van der Waals surface area (Å²) in [4.78, 5) is 37.7. The zero-order chi connectivity index (χ0) is 31.2. The maximum Gasteiger partial charge on any atom is 0.508 e. The quantitative estimate of drug-likeness (QED) is 0.0884. The number of cyclic esters (lactones) is 1. The summed E-state index contributed by atoms with van der Waals surface area (Å²) >= 11 is 0. The number of esters is 2. The first-order valence-corrected chi connectivity index (χ1v) is 19.3. The fraction of sp³-hybridized carbons (Fsp3) is 0.848. The zero-order valence-electron chi connectivity index (χ0n) is 26.3. The molecule has 0 bridgehead atoms. The topological polar surface area (TPSA) is 126 Å². The molecule has 12 heteroatoms. The van der Waals surface area contributed by atoms with Crippen molar-refractivity contribution >= 4 is 39.7 Å². The number of hydrogen-bond donors (Lipinski definition) is 0. The normalized spacial score (nSPS) is 44.5. The van der Waals surface area contributed by atoms with E-state index in [1.165, 1.54) is 18.6 Å². The minimum Gasteiger partial charge on any atom is -0.466 e. The maximum atomic E-state index is 13.2. The van der Waals surface area contributed by atoms with Crippen molar-refractivity contribution in [3.05, 3.63) is 11.1 Å². The van der Waals surface area contributed by atoms with Crippen LogP contribution in [-0.2, 0) is 42.7 Å². The molecular formula is C33H44O10S2. The van der Waals surface area contributed by atoms with Gasteiger partial charge in [-0.25, -0.2) is 9.59 Å². The van der Waals surface area contributed by atoms with Crippen LogP contribution in [0.1, 0.15) is 85.0 Å². The van der Waals surface area contributed by atoms with Gasteiger partial charge >= 0.3 is 18.1 Å². The summed E-state index contributed by atoms with van der Waals surface area (Å²) in [6.07, 6.45) is 6.27. The van der Waals surface area contributed by atoms with Gasteiger partial charge in [0.2, 0.25) is 0 Å². The van der Waals surface area contributed by atoms with Gasteiger partial charge in [-0.2, -0.15) is 0 Å². The Kier molecular flexibility index (Phi) is 7.56. The number of unbranched alkanes of at least 4 members (excludes halogenated alkanes) is 2. The van der Waals surface area contributed by atoms with Gasteiger partial charge in [-0.1, -0.05) is 48.8 Å². The Morgan fingerprint density at radius 2 is 1.87 bits per heavy atom. The summed E-state index contributed by atoms with van der Waals surface area (Å²) in [6.45, 7) is 7.27. The van der Waals surface area contributed by atoms with Crippen LogP contribution in [0.5, 0.6) is 0 Å². The Labute approximate surface area is 272 Å². The van der Waals surface area contributed by atoms with E-state index in [-0.39, 0.29) is 54.1 Å². The lowest BCUT2D eigenvalue weighted by molar-refractivity contribution is -0.144. The molecule has 0 aromatic carbocycles. The summed E-state index contributed by atoms with van der Waals surface area (Å²) in [5.74, 6) is 1.07. The number of epoxide rings is 3. The average molecular weight is 665 g/mol. The Hall–Kier alpha value is -1.47. The van der Waals surface area contributed by atoms with Gasteiger partial charge in [-0.15, -0.1) is 0 Å². The van der Waals surface area contributed by atoms with Crippen LogP contribution >= 0.6 is 21.6 Å². The van der Waals surface area contributed by atoms with Crippen molar-refractivity contribution in [3.8, 4) is 0 Å². The lowest BCUT2D eigenvalue weighted by atomic mass is 9.46. The maximum absolute atomic E-state index is 13.2. The van der Waals surface area contributed by atoms with Gasteiger partial charge in [0, 0.05) is 28.4 Å². The monoisotopic (exact) mass is 664 g/mol. The fourth-order valence-electron chi connectivity index (χ4n) is 9.80. The van der Waals surface area contributed by atoms with Gasteiger partial charge in [-0.05, 0) is 68.8 Å². The Balaban J connectivity index is 0.857. The second-order valence-corrected chi connectivity index (χ2v) is 17.4. The van der Waals surface area contributed by atoms with Crippen LogP contribution in [0.4, 0.5) is 4.79 Å². The molecule has 0 N–H and O–H groups in total. The zero-order valence-corrected chi connectivity index (χ0v) is 28.0. The van der Waals surface area contributed by atoms with Crippen LogP contribution in [0.3, 0.4) is 0 Å². The van der Waals surface area contributed by atoms with E-state index < -0.39 is 29.1 Å². The third kappa shape index (κ3) is 4.43. The molecule has 0 amide bonds. The molecule has 2 spiro atoms. The fourth-order valence-corrected chi connectivity index (χ4v) is 12.8. The molecule has 0 aromatic rings. The molecule has 10 nitrogen and oxygen atoms in total. The third-order valence-corrected chi connectivity index (χ3v) is 15.2. The van der Waals surface area contributed by atoms with E-state index in [4.69, 9.17) is 33.2 Å². The Morgan fingerprint density at radius 3 is 2.64 bits per heavy atom. The van der Waals surface area contributed by atoms with Gasteiger partial charge in [0.25, 0.3) is 0 Å². The van der Waals surface area contributed by atoms with E-state index in [0.29, 0.717) is 38.9 Å². The molecule has 248 valence electrons. The summed E-state index contributed by atoms with van der Waals surface area (Å²) < 4.78 is 42.4. The first-order valence-electron chi connectivity index (χ1n) is 16.9. The first kappa shape index (κ1) is 30.8. The highest BCUT2D eigenvalue weighted by Gasteiger charge is 3.01. The van der Waals surface area contributed by atoms with Crippen molar-refractivity contribution in [2.75, 3.05) is 25.6 Å². The van der Waals surface area contributed by atoms with Crippen molar-refractivity contribution in [2.45, 2.75) is 131 Å². The second kappa shape index (κ2) is 11.0. The predicted octanol–water partition coefficient (Wildman–Crippen LogP) is 5.30. The molecule has 5 heterocycles. The lowest BCUT2D eigenvalue weighted by Gasteiger charge is -2.53. The Morgan fingerprint density at radius 1 is 1.04 bits per heavy atom. The Bertz CT molecular complexity index is 1300.